The number of rotatable bonds is 5. The fourth-order valence-corrected chi connectivity index (χ4v) is 6.64. The molecule has 3 aromatic rings. The van der Waals surface area contributed by atoms with Gasteiger partial charge in [0.15, 0.2) is 0 Å². The lowest BCUT2D eigenvalue weighted by atomic mass is 9.85. The Bertz CT molecular complexity index is 1500. The molecule has 0 radical (unpaired) electrons. The second kappa shape index (κ2) is 10.2. The SMILES string of the molecule is CCC(=Nc1ccc(-c2ccc3c(c2)OCCC3(C)O)cc1C)C1CC(C)c2c(cccc2C2CC2)C(=O)N1C. The van der Waals surface area contributed by atoms with Gasteiger partial charge in [0.05, 0.1) is 23.9 Å². The molecule has 3 aliphatic rings. The van der Waals surface area contributed by atoms with Gasteiger partial charge in [-0.15, -0.1) is 0 Å². The summed E-state index contributed by atoms with van der Waals surface area (Å²) in [6.45, 7) is 8.87. The van der Waals surface area contributed by atoms with E-state index < -0.39 is 5.60 Å². The van der Waals surface area contributed by atoms with E-state index >= 15 is 0 Å². The topological polar surface area (TPSA) is 62.1 Å². The van der Waals surface area contributed by atoms with Gasteiger partial charge in [0.25, 0.3) is 5.91 Å². The number of hydrogen-bond acceptors (Lipinski definition) is 4. The number of fused-ring (bicyclic) bond motifs is 2. The number of carbonyl (C=O) groups excluding carboxylic acids is 1. The standard InChI is InChI=1S/C35H40N2O3/c1-6-29(31-19-22(3)33-26(23-10-11-23)8-7-9-27(33)34(38)37(31)5)36-30-15-13-24(18-21(30)2)25-12-14-28-32(20-25)40-17-16-35(28,4)39/h7-9,12-15,18,20,22-23,31,39H,6,10-11,16-17,19H2,1-5H3. The fraction of sp³-hybridized carbons (Fsp3) is 0.429. The molecule has 5 heteroatoms. The summed E-state index contributed by atoms with van der Waals surface area (Å²) >= 11 is 0. The van der Waals surface area contributed by atoms with Crippen LogP contribution in [0.5, 0.6) is 5.75 Å². The predicted molar refractivity (Wildman–Crippen MR) is 161 cm³/mol. The summed E-state index contributed by atoms with van der Waals surface area (Å²) in [4.78, 5) is 20.8. The summed E-state index contributed by atoms with van der Waals surface area (Å²) in [7, 11) is 1.94. The molecule has 0 spiro atoms. The highest BCUT2D eigenvalue weighted by atomic mass is 16.5. The average molecular weight is 537 g/mol. The van der Waals surface area contributed by atoms with Crippen LogP contribution in [-0.2, 0) is 5.60 Å². The van der Waals surface area contributed by atoms with Crippen molar-refractivity contribution in [1.29, 1.82) is 0 Å². The molecule has 1 amide bonds. The van der Waals surface area contributed by atoms with E-state index in [9.17, 15) is 9.90 Å². The second-order valence-corrected chi connectivity index (χ2v) is 12.2. The van der Waals surface area contributed by atoms with Crippen molar-refractivity contribution in [2.45, 2.75) is 83.3 Å². The molecule has 208 valence electrons. The molecule has 0 saturated heterocycles. The number of aliphatic hydroxyl groups is 1. The Kier molecular flexibility index (Phi) is 6.82. The smallest absolute Gasteiger partial charge is 0.254 e. The molecule has 2 heterocycles. The summed E-state index contributed by atoms with van der Waals surface area (Å²) in [6.07, 6.45) is 4.71. The molecule has 3 aromatic carbocycles. The van der Waals surface area contributed by atoms with Crippen LogP contribution in [0.25, 0.3) is 11.1 Å². The van der Waals surface area contributed by atoms with Crippen molar-refractivity contribution in [3.63, 3.8) is 0 Å². The summed E-state index contributed by atoms with van der Waals surface area (Å²) in [5.41, 5.74) is 8.70. The molecule has 0 bridgehead atoms. The van der Waals surface area contributed by atoms with Gasteiger partial charge in [-0.3, -0.25) is 9.79 Å². The first-order chi connectivity index (χ1) is 19.2. The van der Waals surface area contributed by atoms with Gasteiger partial charge < -0.3 is 14.7 Å². The Hall–Kier alpha value is -3.44. The van der Waals surface area contributed by atoms with Crippen LogP contribution < -0.4 is 4.74 Å². The van der Waals surface area contributed by atoms with Crippen LogP contribution in [0.15, 0.2) is 59.6 Å². The summed E-state index contributed by atoms with van der Waals surface area (Å²) in [5.74, 6) is 1.76. The van der Waals surface area contributed by atoms with Gasteiger partial charge >= 0.3 is 0 Å². The minimum atomic E-state index is -0.859. The third-order valence-electron chi connectivity index (χ3n) is 9.19. The van der Waals surface area contributed by atoms with Gasteiger partial charge in [0.2, 0.25) is 0 Å². The Morgan fingerprint density at radius 3 is 2.60 bits per heavy atom. The maximum Gasteiger partial charge on any atom is 0.254 e. The first-order valence-electron chi connectivity index (χ1n) is 14.8. The minimum absolute atomic E-state index is 0.0448. The lowest BCUT2D eigenvalue weighted by Gasteiger charge is -2.31. The molecule has 1 fully saturated rings. The largest absolute Gasteiger partial charge is 0.493 e. The third kappa shape index (κ3) is 4.75. The van der Waals surface area contributed by atoms with Crippen molar-refractivity contribution in [2.24, 2.45) is 4.99 Å². The second-order valence-electron chi connectivity index (χ2n) is 12.2. The molecule has 0 aromatic heterocycles. The molecule has 1 aliphatic carbocycles. The van der Waals surface area contributed by atoms with E-state index in [0.29, 0.717) is 18.9 Å². The zero-order valence-electron chi connectivity index (χ0n) is 24.3. The Balaban J connectivity index is 1.30. The number of aliphatic imine (C=N–C) groups is 1. The number of benzene rings is 3. The van der Waals surface area contributed by atoms with Gasteiger partial charge in [0.1, 0.15) is 5.75 Å². The maximum atomic E-state index is 13.7. The molecule has 1 saturated carbocycles. The molecule has 3 unspecified atom stereocenters. The monoisotopic (exact) mass is 536 g/mol. The van der Waals surface area contributed by atoms with Crippen molar-refractivity contribution in [2.75, 3.05) is 13.7 Å². The number of amides is 1. The van der Waals surface area contributed by atoms with Crippen LogP contribution in [0.2, 0.25) is 0 Å². The Morgan fingerprint density at radius 1 is 1.12 bits per heavy atom. The van der Waals surface area contributed by atoms with Gasteiger partial charge in [-0.05, 0) is 103 Å². The van der Waals surface area contributed by atoms with E-state index in [4.69, 9.17) is 9.73 Å². The number of nitrogens with zero attached hydrogens (tertiary/aromatic N) is 2. The number of aryl methyl sites for hydroxylation is 1. The molecule has 2 aliphatic heterocycles. The highest BCUT2D eigenvalue weighted by Gasteiger charge is 2.37. The highest BCUT2D eigenvalue weighted by Crippen LogP contribution is 2.46. The molecule has 5 nitrogen and oxygen atoms in total. The maximum absolute atomic E-state index is 13.7. The van der Waals surface area contributed by atoms with Gasteiger partial charge in [-0.1, -0.05) is 44.2 Å². The van der Waals surface area contributed by atoms with Crippen LogP contribution >= 0.6 is 0 Å². The summed E-state index contributed by atoms with van der Waals surface area (Å²) in [5, 5.41) is 10.7. The Labute approximate surface area is 237 Å². The highest BCUT2D eigenvalue weighted by molar-refractivity contribution is 6.02. The van der Waals surface area contributed by atoms with E-state index in [0.717, 1.165) is 57.8 Å². The summed E-state index contributed by atoms with van der Waals surface area (Å²) in [6, 6.07) is 18.7. The lowest BCUT2D eigenvalue weighted by molar-refractivity contribution is 0.0147. The first kappa shape index (κ1) is 26.8. The fourth-order valence-electron chi connectivity index (χ4n) is 6.64. The van der Waals surface area contributed by atoms with E-state index in [2.05, 4.69) is 57.2 Å². The van der Waals surface area contributed by atoms with Crippen molar-refractivity contribution < 1.29 is 14.6 Å². The van der Waals surface area contributed by atoms with Gasteiger partial charge in [-0.25, -0.2) is 0 Å². The average Bonchev–Trinajstić information content (AvgIpc) is 3.80. The molecular formula is C35H40N2O3. The van der Waals surface area contributed by atoms with Crippen molar-refractivity contribution in [1.82, 2.24) is 4.90 Å². The van der Waals surface area contributed by atoms with Crippen LogP contribution in [0.3, 0.4) is 0 Å². The normalized spacial score (nSPS) is 24.7. The van der Waals surface area contributed by atoms with Crippen molar-refractivity contribution >= 4 is 17.3 Å². The lowest BCUT2D eigenvalue weighted by Crippen LogP contribution is -2.41. The van der Waals surface area contributed by atoms with Gasteiger partial charge in [-0.2, -0.15) is 0 Å². The molecule has 40 heavy (non-hydrogen) atoms. The van der Waals surface area contributed by atoms with E-state index in [1.165, 1.54) is 24.0 Å². The number of carbonyl (C=O) groups is 1. The summed E-state index contributed by atoms with van der Waals surface area (Å²) < 4.78 is 5.88. The van der Waals surface area contributed by atoms with Crippen LogP contribution in [0, 0.1) is 6.92 Å². The zero-order chi connectivity index (χ0) is 28.2. The minimum Gasteiger partial charge on any atom is -0.493 e. The van der Waals surface area contributed by atoms with Crippen molar-refractivity contribution in [3.8, 4) is 16.9 Å². The number of hydrogen-bond donors (Lipinski definition) is 1. The Morgan fingerprint density at radius 2 is 1.88 bits per heavy atom. The zero-order valence-corrected chi connectivity index (χ0v) is 24.3. The molecule has 6 rings (SSSR count). The number of ether oxygens (including phenoxy) is 1. The molecule has 1 N–H and O–H groups in total. The van der Waals surface area contributed by atoms with Crippen LogP contribution in [-0.4, -0.2) is 41.3 Å². The van der Waals surface area contributed by atoms with E-state index in [-0.39, 0.29) is 17.9 Å². The molecule has 3 atom stereocenters. The predicted octanol–water partition coefficient (Wildman–Crippen LogP) is 7.66. The first-order valence-corrected chi connectivity index (χ1v) is 14.8. The van der Waals surface area contributed by atoms with E-state index in [1.54, 1.807) is 0 Å². The van der Waals surface area contributed by atoms with Crippen LogP contribution in [0.1, 0.15) is 97.3 Å². The molecular weight excluding hydrogens is 496 g/mol. The van der Waals surface area contributed by atoms with Crippen molar-refractivity contribution in [3.05, 3.63) is 82.4 Å². The van der Waals surface area contributed by atoms with Gasteiger partial charge in [0, 0.05) is 30.3 Å². The van der Waals surface area contributed by atoms with Crippen LogP contribution in [0.4, 0.5) is 5.69 Å². The third-order valence-corrected chi connectivity index (χ3v) is 9.19. The van der Waals surface area contributed by atoms with E-state index in [1.807, 2.05) is 37.1 Å². The quantitative estimate of drug-likeness (QED) is 0.341.